The van der Waals surface area contributed by atoms with E-state index in [1.165, 1.54) is 17.0 Å². The van der Waals surface area contributed by atoms with Crippen LogP contribution in [0.25, 0.3) is 0 Å². The van der Waals surface area contributed by atoms with Crippen molar-refractivity contribution in [1.29, 1.82) is 0 Å². The van der Waals surface area contributed by atoms with E-state index in [1.54, 1.807) is 17.8 Å². The van der Waals surface area contributed by atoms with Crippen LogP contribution in [-0.2, 0) is 0 Å². The van der Waals surface area contributed by atoms with Crippen molar-refractivity contribution in [2.75, 3.05) is 11.6 Å². The fourth-order valence-electron chi connectivity index (χ4n) is 1.93. The van der Waals surface area contributed by atoms with Gasteiger partial charge in [-0.25, -0.2) is 4.39 Å². The van der Waals surface area contributed by atoms with E-state index >= 15 is 0 Å². The second kappa shape index (κ2) is 6.44. The monoisotopic (exact) mass is 339 g/mol. The third kappa shape index (κ3) is 3.51. The van der Waals surface area contributed by atoms with Gasteiger partial charge in [0.2, 0.25) is 0 Å². The molecule has 4 heteroatoms. The molecule has 0 aliphatic carbocycles. The predicted molar refractivity (Wildman–Crippen MR) is 84.4 cm³/mol. The molecule has 0 heterocycles. The zero-order chi connectivity index (χ0) is 13.8. The molecular formula is C15H15BrFNS. The number of anilines is 1. The Morgan fingerprint density at radius 2 is 1.95 bits per heavy atom. The molecule has 19 heavy (non-hydrogen) atoms. The maximum absolute atomic E-state index is 13.1. The van der Waals surface area contributed by atoms with Crippen LogP contribution in [0.1, 0.15) is 18.5 Å². The quantitative estimate of drug-likeness (QED) is 0.740. The number of hydrogen-bond acceptors (Lipinski definition) is 2. The minimum absolute atomic E-state index is 0.100. The van der Waals surface area contributed by atoms with Gasteiger partial charge in [-0.1, -0.05) is 34.1 Å². The SMILES string of the molecule is CSc1ccccc1NC(C)c1ccc(F)cc1Br. The molecule has 0 aliphatic heterocycles. The number of nitrogens with one attached hydrogen (secondary N) is 1. The van der Waals surface area contributed by atoms with Crippen LogP contribution >= 0.6 is 27.7 Å². The molecule has 100 valence electrons. The molecule has 0 aromatic heterocycles. The smallest absolute Gasteiger partial charge is 0.124 e. The van der Waals surface area contributed by atoms with E-state index in [0.29, 0.717) is 0 Å². The normalized spacial score (nSPS) is 12.2. The Bertz CT molecular complexity index is 574. The molecule has 0 saturated heterocycles. The Morgan fingerprint density at radius 1 is 1.21 bits per heavy atom. The first-order chi connectivity index (χ1) is 9.11. The number of halogens is 2. The molecule has 0 bridgehead atoms. The second-order valence-electron chi connectivity index (χ2n) is 4.23. The molecule has 0 radical (unpaired) electrons. The number of rotatable bonds is 4. The predicted octanol–water partition coefficient (Wildman–Crippen LogP) is 5.48. The average molecular weight is 340 g/mol. The van der Waals surface area contributed by atoms with Crippen molar-refractivity contribution < 1.29 is 4.39 Å². The van der Waals surface area contributed by atoms with Gasteiger partial charge in [-0.05, 0) is 43.0 Å². The van der Waals surface area contributed by atoms with Gasteiger partial charge in [0.15, 0.2) is 0 Å². The lowest BCUT2D eigenvalue weighted by molar-refractivity contribution is 0.625. The Kier molecular flexibility index (Phi) is 4.88. The maximum atomic E-state index is 13.1. The highest BCUT2D eigenvalue weighted by atomic mass is 79.9. The van der Waals surface area contributed by atoms with E-state index < -0.39 is 0 Å². The van der Waals surface area contributed by atoms with Crippen molar-refractivity contribution in [3.8, 4) is 0 Å². The van der Waals surface area contributed by atoms with Crippen molar-refractivity contribution in [1.82, 2.24) is 0 Å². The van der Waals surface area contributed by atoms with Gasteiger partial charge < -0.3 is 5.32 Å². The molecule has 1 nitrogen and oxygen atoms in total. The minimum Gasteiger partial charge on any atom is -0.378 e. The Labute approximate surface area is 125 Å². The molecule has 1 atom stereocenters. The molecule has 0 fully saturated rings. The van der Waals surface area contributed by atoms with Crippen LogP contribution in [0.15, 0.2) is 51.8 Å². The van der Waals surface area contributed by atoms with Gasteiger partial charge in [-0.3, -0.25) is 0 Å². The average Bonchev–Trinajstić information content (AvgIpc) is 2.39. The number of para-hydroxylation sites is 1. The molecule has 0 saturated carbocycles. The zero-order valence-electron chi connectivity index (χ0n) is 10.8. The molecule has 0 aliphatic rings. The summed E-state index contributed by atoms with van der Waals surface area (Å²) in [4.78, 5) is 1.20. The van der Waals surface area contributed by atoms with Crippen molar-refractivity contribution in [3.63, 3.8) is 0 Å². The first kappa shape index (κ1) is 14.4. The Morgan fingerprint density at radius 3 is 2.63 bits per heavy atom. The maximum Gasteiger partial charge on any atom is 0.124 e. The molecule has 0 spiro atoms. The Hall–Kier alpha value is -1.00. The summed E-state index contributed by atoms with van der Waals surface area (Å²) in [5, 5.41) is 3.46. The largest absolute Gasteiger partial charge is 0.378 e. The number of thioether (sulfide) groups is 1. The van der Waals surface area contributed by atoms with E-state index in [1.807, 2.05) is 12.1 Å². The van der Waals surface area contributed by atoms with Gasteiger partial charge in [0.25, 0.3) is 0 Å². The van der Waals surface area contributed by atoms with E-state index in [4.69, 9.17) is 0 Å². The summed E-state index contributed by atoms with van der Waals surface area (Å²) in [5.41, 5.74) is 2.14. The lowest BCUT2D eigenvalue weighted by Gasteiger charge is -2.19. The van der Waals surface area contributed by atoms with Crippen LogP contribution < -0.4 is 5.32 Å². The van der Waals surface area contributed by atoms with Crippen molar-refractivity contribution >= 4 is 33.4 Å². The van der Waals surface area contributed by atoms with Crippen LogP contribution in [0.3, 0.4) is 0 Å². The zero-order valence-corrected chi connectivity index (χ0v) is 13.2. The fraction of sp³-hybridized carbons (Fsp3) is 0.200. The van der Waals surface area contributed by atoms with Crippen molar-refractivity contribution in [2.24, 2.45) is 0 Å². The summed E-state index contributed by atoms with van der Waals surface area (Å²) in [6.45, 7) is 2.06. The molecule has 1 N–H and O–H groups in total. The molecule has 0 amide bonds. The molecule has 1 unspecified atom stereocenters. The standard InChI is InChI=1S/C15H15BrFNS/c1-10(12-8-7-11(17)9-13(12)16)18-14-5-3-4-6-15(14)19-2/h3-10,18H,1-2H3. The van der Waals surface area contributed by atoms with Crippen molar-refractivity contribution in [3.05, 3.63) is 58.3 Å². The summed E-state index contributed by atoms with van der Waals surface area (Å²) in [7, 11) is 0. The lowest BCUT2D eigenvalue weighted by Crippen LogP contribution is -2.08. The van der Waals surface area contributed by atoms with Crippen LogP contribution in [0.4, 0.5) is 10.1 Å². The second-order valence-corrected chi connectivity index (χ2v) is 5.93. The summed E-state index contributed by atoms with van der Waals surface area (Å²) >= 11 is 5.12. The highest BCUT2D eigenvalue weighted by molar-refractivity contribution is 9.10. The van der Waals surface area contributed by atoms with Gasteiger partial charge in [0.05, 0.1) is 0 Å². The third-order valence-electron chi connectivity index (χ3n) is 2.91. The van der Waals surface area contributed by atoms with E-state index in [9.17, 15) is 4.39 Å². The summed E-state index contributed by atoms with van der Waals surface area (Å²) in [6.07, 6.45) is 2.05. The third-order valence-corrected chi connectivity index (χ3v) is 4.39. The number of hydrogen-bond donors (Lipinski definition) is 1. The highest BCUT2D eigenvalue weighted by Crippen LogP contribution is 2.31. The van der Waals surface area contributed by atoms with Gasteiger partial charge in [-0.15, -0.1) is 11.8 Å². The molecule has 2 rings (SSSR count). The van der Waals surface area contributed by atoms with Gasteiger partial charge in [0, 0.05) is 21.1 Å². The van der Waals surface area contributed by atoms with Crippen LogP contribution in [-0.4, -0.2) is 6.26 Å². The summed E-state index contributed by atoms with van der Waals surface area (Å²) in [6, 6.07) is 13.1. The van der Waals surface area contributed by atoms with E-state index in [0.717, 1.165) is 15.7 Å². The van der Waals surface area contributed by atoms with E-state index in [2.05, 4.69) is 46.6 Å². The fourth-order valence-corrected chi connectivity index (χ4v) is 3.18. The summed E-state index contributed by atoms with van der Waals surface area (Å²) < 4.78 is 13.9. The van der Waals surface area contributed by atoms with Crippen LogP contribution in [0.5, 0.6) is 0 Å². The van der Waals surface area contributed by atoms with Gasteiger partial charge in [-0.2, -0.15) is 0 Å². The molecule has 2 aromatic rings. The van der Waals surface area contributed by atoms with Crippen LogP contribution in [0.2, 0.25) is 0 Å². The highest BCUT2D eigenvalue weighted by Gasteiger charge is 2.11. The van der Waals surface area contributed by atoms with Gasteiger partial charge >= 0.3 is 0 Å². The summed E-state index contributed by atoms with van der Waals surface area (Å²) in [5.74, 6) is -0.229. The Balaban J connectivity index is 2.23. The van der Waals surface area contributed by atoms with Crippen molar-refractivity contribution in [2.45, 2.75) is 17.9 Å². The van der Waals surface area contributed by atoms with Gasteiger partial charge in [0.1, 0.15) is 5.82 Å². The van der Waals surface area contributed by atoms with Crippen LogP contribution in [0, 0.1) is 5.82 Å². The molecular weight excluding hydrogens is 325 g/mol. The van der Waals surface area contributed by atoms with E-state index in [-0.39, 0.29) is 11.9 Å². The first-order valence-corrected chi connectivity index (χ1v) is 7.98. The molecule has 2 aromatic carbocycles. The lowest BCUT2D eigenvalue weighted by atomic mass is 10.1. The topological polar surface area (TPSA) is 12.0 Å². The number of benzene rings is 2. The minimum atomic E-state index is -0.229. The first-order valence-electron chi connectivity index (χ1n) is 5.96.